The molecule has 0 amide bonds. The predicted molar refractivity (Wildman–Crippen MR) is 131 cm³/mol. The Hall–Kier alpha value is -1.42. The van der Waals surface area contributed by atoms with Crippen LogP contribution >= 0.6 is 24.0 Å². The van der Waals surface area contributed by atoms with Crippen LogP contribution in [0.1, 0.15) is 39.2 Å². The number of ether oxygens (including phenoxy) is 3. The monoisotopic (exact) mass is 522 g/mol. The third-order valence-electron chi connectivity index (χ3n) is 4.58. The number of aliphatic imine (C=N–C) groups is 1. The van der Waals surface area contributed by atoms with Crippen LogP contribution in [0, 0.1) is 0 Å². The molecule has 0 heterocycles. The molecule has 0 aliphatic heterocycles. The molecule has 29 heavy (non-hydrogen) atoms. The minimum atomic E-state index is 0. The normalized spacial score (nSPS) is 11.1. The first-order chi connectivity index (χ1) is 13.6. The average molecular weight is 522 g/mol. The number of nitrogens with one attached hydrogen (secondary N) is 2. The molecule has 0 aliphatic rings. The summed E-state index contributed by atoms with van der Waals surface area (Å²) in [5.74, 6) is 2.69. The number of halogens is 1. The molecule has 0 fully saturated rings. The van der Waals surface area contributed by atoms with Gasteiger partial charge in [-0.1, -0.05) is 13.8 Å². The van der Waals surface area contributed by atoms with Crippen molar-refractivity contribution in [3.8, 4) is 17.2 Å². The van der Waals surface area contributed by atoms with Crippen LogP contribution in [-0.2, 0) is 6.54 Å². The van der Waals surface area contributed by atoms with Crippen molar-refractivity contribution in [2.75, 3.05) is 54.1 Å². The van der Waals surface area contributed by atoms with E-state index in [1.54, 1.807) is 21.3 Å². The van der Waals surface area contributed by atoms with Crippen LogP contribution in [0.15, 0.2) is 17.1 Å². The third kappa shape index (κ3) is 9.75. The summed E-state index contributed by atoms with van der Waals surface area (Å²) >= 11 is 0. The van der Waals surface area contributed by atoms with Gasteiger partial charge in [-0.05, 0) is 57.1 Å². The Bertz CT molecular complexity index is 570. The van der Waals surface area contributed by atoms with E-state index in [0.717, 1.165) is 50.7 Å². The van der Waals surface area contributed by atoms with E-state index in [1.807, 2.05) is 12.1 Å². The fourth-order valence-electron chi connectivity index (χ4n) is 2.95. The highest BCUT2D eigenvalue weighted by Crippen LogP contribution is 2.38. The highest BCUT2D eigenvalue weighted by Gasteiger charge is 2.13. The van der Waals surface area contributed by atoms with Gasteiger partial charge in [0.1, 0.15) is 0 Å². The highest BCUT2D eigenvalue weighted by atomic mass is 127. The van der Waals surface area contributed by atoms with Crippen LogP contribution < -0.4 is 24.8 Å². The number of methoxy groups -OCH3 is 3. The van der Waals surface area contributed by atoms with E-state index in [1.165, 1.54) is 6.42 Å². The standard InChI is InChI=1S/C21H38N4O3.HI/c1-7-22-21(23-12-10-11-13-25(8-2)9-3)24-16-17-14-18(26-4)20(28-6)19(15-17)27-5;/h14-15H,7-13,16H2,1-6H3,(H2,22,23,24);1H. The summed E-state index contributed by atoms with van der Waals surface area (Å²) in [5, 5.41) is 6.71. The number of unbranched alkanes of at least 4 members (excludes halogenated alkanes) is 1. The Morgan fingerprint density at radius 3 is 2.03 bits per heavy atom. The second kappa shape index (κ2) is 16.4. The lowest BCUT2D eigenvalue weighted by molar-refractivity contribution is 0.297. The molecule has 0 aliphatic carbocycles. The first-order valence-corrected chi connectivity index (χ1v) is 10.2. The lowest BCUT2D eigenvalue weighted by Gasteiger charge is -2.18. The summed E-state index contributed by atoms with van der Waals surface area (Å²) in [7, 11) is 4.84. The van der Waals surface area contributed by atoms with E-state index in [2.05, 4.69) is 41.3 Å². The van der Waals surface area contributed by atoms with E-state index in [4.69, 9.17) is 14.2 Å². The molecule has 1 aromatic carbocycles. The summed E-state index contributed by atoms with van der Waals surface area (Å²) in [6, 6.07) is 3.86. The highest BCUT2D eigenvalue weighted by molar-refractivity contribution is 14.0. The number of hydrogen-bond donors (Lipinski definition) is 2. The maximum absolute atomic E-state index is 5.41. The van der Waals surface area contributed by atoms with Crippen LogP contribution in [-0.4, -0.2) is 64.9 Å². The van der Waals surface area contributed by atoms with Crippen LogP contribution in [0.25, 0.3) is 0 Å². The molecule has 8 heteroatoms. The van der Waals surface area contributed by atoms with Gasteiger partial charge in [-0.3, -0.25) is 0 Å². The lowest BCUT2D eigenvalue weighted by Crippen LogP contribution is -2.38. The Kier molecular flexibility index (Phi) is 15.6. The molecule has 7 nitrogen and oxygen atoms in total. The fourth-order valence-corrected chi connectivity index (χ4v) is 2.95. The van der Waals surface area contributed by atoms with Crippen LogP contribution in [0.2, 0.25) is 0 Å². The zero-order valence-electron chi connectivity index (χ0n) is 18.8. The van der Waals surface area contributed by atoms with Crippen molar-refractivity contribution in [1.82, 2.24) is 15.5 Å². The van der Waals surface area contributed by atoms with Crippen molar-refractivity contribution in [3.63, 3.8) is 0 Å². The van der Waals surface area contributed by atoms with Gasteiger partial charge >= 0.3 is 0 Å². The van der Waals surface area contributed by atoms with Crippen molar-refractivity contribution in [3.05, 3.63) is 17.7 Å². The number of rotatable bonds is 13. The maximum Gasteiger partial charge on any atom is 0.203 e. The van der Waals surface area contributed by atoms with Crippen molar-refractivity contribution in [2.45, 2.75) is 40.2 Å². The molecule has 168 valence electrons. The van der Waals surface area contributed by atoms with Gasteiger partial charge in [-0.25, -0.2) is 4.99 Å². The van der Waals surface area contributed by atoms with Gasteiger partial charge in [-0.15, -0.1) is 24.0 Å². The second-order valence-corrected chi connectivity index (χ2v) is 6.39. The Morgan fingerprint density at radius 2 is 1.55 bits per heavy atom. The van der Waals surface area contributed by atoms with Crippen molar-refractivity contribution in [1.29, 1.82) is 0 Å². The number of hydrogen-bond acceptors (Lipinski definition) is 5. The predicted octanol–water partition coefficient (Wildman–Crippen LogP) is 3.51. The molecule has 1 aromatic rings. The largest absolute Gasteiger partial charge is 0.493 e. The molecule has 0 saturated carbocycles. The Labute approximate surface area is 193 Å². The third-order valence-corrected chi connectivity index (χ3v) is 4.58. The molecule has 0 unspecified atom stereocenters. The second-order valence-electron chi connectivity index (χ2n) is 6.39. The van der Waals surface area contributed by atoms with Crippen LogP contribution in [0.4, 0.5) is 0 Å². The van der Waals surface area contributed by atoms with Gasteiger partial charge in [0.2, 0.25) is 5.75 Å². The zero-order valence-corrected chi connectivity index (χ0v) is 21.2. The molecular weight excluding hydrogens is 483 g/mol. The molecule has 0 atom stereocenters. The van der Waals surface area contributed by atoms with Crippen molar-refractivity contribution >= 4 is 29.9 Å². The molecule has 0 saturated heterocycles. The van der Waals surface area contributed by atoms with Gasteiger partial charge in [-0.2, -0.15) is 0 Å². The minimum Gasteiger partial charge on any atom is -0.493 e. The first-order valence-electron chi connectivity index (χ1n) is 10.2. The van der Waals surface area contributed by atoms with E-state index in [-0.39, 0.29) is 24.0 Å². The summed E-state index contributed by atoms with van der Waals surface area (Å²) in [5.41, 5.74) is 0.994. The van der Waals surface area contributed by atoms with E-state index in [0.29, 0.717) is 23.8 Å². The summed E-state index contributed by atoms with van der Waals surface area (Å²) in [6.07, 6.45) is 2.30. The maximum atomic E-state index is 5.41. The zero-order chi connectivity index (χ0) is 20.8. The van der Waals surface area contributed by atoms with E-state index >= 15 is 0 Å². The van der Waals surface area contributed by atoms with Gasteiger partial charge in [0.05, 0.1) is 27.9 Å². The minimum absolute atomic E-state index is 0. The van der Waals surface area contributed by atoms with Gasteiger partial charge in [0.15, 0.2) is 17.5 Å². The first kappa shape index (κ1) is 27.6. The van der Waals surface area contributed by atoms with E-state index in [9.17, 15) is 0 Å². The van der Waals surface area contributed by atoms with Crippen molar-refractivity contribution in [2.24, 2.45) is 4.99 Å². The SMILES string of the molecule is CCNC(=NCc1cc(OC)c(OC)c(OC)c1)NCCCCN(CC)CC.I. The fraction of sp³-hybridized carbons (Fsp3) is 0.667. The number of benzene rings is 1. The number of guanidine groups is 1. The van der Waals surface area contributed by atoms with Gasteiger partial charge in [0.25, 0.3) is 0 Å². The van der Waals surface area contributed by atoms with Gasteiger partial charge < -0.3 is 29.7 Å². The van der Waals surface area contributed by atoms with Crippen molar-refractivity contribution < 1.29 is 14.2 Å². The topological polar surface area (TPSA) is 67.4 Å². The summed E-state index contributed by atoms with van der Waals surface area (Å²) in [6.45, 7) is 12.1. The van der Waals surface area contributed by atoms with Crippen LogP contribution in [0.3, 0.4) is 0 Å². The number of nitrogens with zero attached hydrogens (tertiary/aromatic N) is 2. The van der Waals surface area contributed by atoms with Crippen LogP contribution in [0.5, 0.6) is 17.2 Å². The Morgan fingerprint density at radius 1 is 0.931 bits per heavy atom. The molecule has 1 rings (SSSR count). The summed E-state index contributed by atoms with van der Waals surface area (Å²) in [4.78, 5) is 7.14. The molecular formula is C21H39IN4O3. The Balaban J connectivity index is 0.00000784. The molecule has 0 radical (unpaired) electrons. The molecule has 0 bridgehead atoms. The van der Waals surface area contributed by atoms with E-state index < -0.39 is 0 Å². The molecule has 0 aromatic heterocycles. The summed E-state index contributed by atoms with van der Waals surface area (Å²) < 4.78 is 16.2. The smallest absolute Gasteiger partial charge is 0.203 e. The molecule has 2 N–H and O–H groups in total. The van der Waals surface area contributed by atoms with Gasteiger partial charge in [0, 0.05) is 13.1 Å². The quantitative estimate of drug-likeness (QED) is 0.179. The average Bonchev–Trinajstić information content (AvgIpc) is 2.73. The molecule has 0 spiro atoms. The lowest BCUT2D eigenvalue weighted by atomic mass is 10.2.